The molecule has 0 spiro atoms. The average molecular weight is 602 g/mol. The van der Waals surface area contributed by atoms with Gasteiger partial charge >= 0.3 is 6.03 Å². The van der Waals surface area contributed by atoms with Crippen LogP contribution in [0.2, 0.25) is 0 Å². The number of carbonyl (C=O) groups is 2. The number of para-hydroxylation sites is 1. The summed E-state index contributed by atoms with van der Waals surface area (Å²) in [7, 11) is 0. The maximum Gasteiger partial charge on any atom is 0.319 e. The number of nitrogens with zero attached hydrogens (tertiary/aromatic N) is 2. The van der Waals surface area contributed by atoms with Crippen molar-refractivity contribution in [2.24, 2.45) is 0 Å². The number of ether oxygens (including phenoxy) is 1. The molecule has 1 aliphatic rings. The zero-order chi connectivity index (χ0) is 31.3. The molecule has 6 rings (SSSR count). The molecule has 8 heteroatoms. The molecule has 0 atom stereocenters. The van der Waals surface area contributed by atoms with E-state index in [2.05, 4.69) is 56.6 Å². The summed E-state index contributed by atoms with van der Waals surface area (Å²) in [5.74, 6) is 1.09. The summed E-state index contributed by atoms with van der Waals surface area (Å²) in [5, 5.41) is 9.85. The van der Waals surface area contributed by atoms with E-state index in [0.717, 1.165) is 25.3 Å². The number of likely N-dealkylation sites (tertiary alicyclic amines) is 1. The zero-order valence-corrected chi connectivity index (χ0v) is 26.0. The van der Waals surface area contributed by atoms with Crippen molar-refractivity contribution >= 4 is 34.2 Å². The number of carbonyl (C=O) groups excluding carboxylic acids is 2. The van der Waals surface area contributed by atoms with Gasteiger partial charge in [0.25, 0.3) is 5.91 Å². The molecular weight excluding hydrogens is 562 g/mol. The van der Waals surface area contributed by atoms with Crippen LogP contribution in [-0.4, -0.2) is 40.5 Å². The highest BCUT2D eigenvalue weighted by molar-refractivity contribution is 6.04. The van der Waals surface area contributed by atoms with Crippen LogP contribution < -0.4 is 20.7 Å². The lowest BCUT2D eigenvalue weighted by molar-refractivity contribution is 0.102. The number of amides is 3. The highest BCUT2D eigenvalue weighted by atomic mass is 16.5. The molecule has 4 aromatic carbocycles. The lowest BCUT2D eigenvalue weighted by Crippen LogP contribution is -2.34. The van der Waals surface area contributed by atoms with E-state index in [0.29, 0.717) is 28.4 Å². The molecule has 230 valence electrons. The van der Waals surface area contributed by atoms with Crippen molar-refractivity contribution in [1.82, 2.24) is 14.8 Å². The lowest BCUT2D eigenvalue weighted by Gasteiger charge is -2.15. The number of fused-ring (bicyclic) bond motifs is 1. The fourth-order valence-electron chi connectivity index (χ4n) is 5.87. The van der Waals surface area contributed by atoms with Crippen molar-refractivity contribution in [3.8, 4) is 17.2 Å². The highest BCUT2D eigenvalue weighted by Crippen LogP contribution is 2.31. The monoisotopic (exact) mass is 601 g/mol. The molecule has 5 aromatic rings. The first-order valence-electron chi connectivity index (χ1n) is 15.5. The van der Waals surface area contributed by atoms with E-state index in [1.165, 1.54) is 35.0 Å². The second-order valence-corrected chi connectivity index (χ2v) is 11.8. The molecule has 1 fully saturated rings. The summed E-state index contributed by atoms with van der Waals surface area (Å²) in [4.78, 5) is 27.5. The van der Waals surface area contributed by atoms with Crippen LogP contribution in [0, 0.1) is 6.92 Å². The summed E-state index contributed by atoms with van der Waals surface area (Å²) in [5.41, 5.74) is 6.77. The smallest absolute Gasteiger partial charge is 0.319 e. The third-order valence-corrected chi connectivity index (χ3v) is 8.09. The first-order valence-corrected chi connectivity index (χ1v) is 15.5. The topological polar surface area (TPSA) is 87.6 Å². The Hall–Kier alpha value is -5.08. The quantitative estimate of drug-likeness (QED) is 0.159. The van der Waals surface area contributed by atoms with Gasteiger partial charge in [0.15, 0.2) is 0 Å². The van der Waals surface area contributed by atoms with Gasteiger partial charge in [0.05, 0.1) is 5.52 Å². The Balaban J connectivity index is 1.09. The number of hydrogen-bond acceptors (Lipinski definition) is 4. The summed E-state index contributed by atoms with van der Waals surface area (Å²) in [6, 6.07) is 30.5. The molecule has 1 saturated heterocycles. The normalized spacial score (nSPS) is 13.2. The van der Waals surface area contributed by atoms with Gasteiger partial charge in [-0.15, -0.1) is 0 Å². The molecule has 0 bridgehead atoms. The van der Waals surface area contributed by atoms with Crippen LogP contribution in [0.5, 0.6) is 11.5 Å². The van der Waals surface area contributed by atoms with Crippen molar-refractivity contribution in [3.63, 3.8) is 0 Å². The molecule has 0 radical (unpaired) electrons. The summed E-state index contributed by atoms with van der Waals surface area (Å²) in [6.07, 6.45) is 2.54. The van der Waals surface area contributed by atoms with Gasteiger partial charge in [-0.2, -0.15) is 0 Å². The highest BCUT2D eigenvalue weighted by Gasteiger charge is 2.20. The molecule has 8 nitrogen and oxygen atoms in total. The molecular formula is C37H39N5O3. The van der Waals surface area contributed by atoms with Gasteiger partial charge in [0, 0.05) is 46.3 Å². The first-order chi connectivity index (χ1) is 21.8. The Morgan fingerprint density at radius 3 is 2.00 bits per heavy atom. The van der Waals surface area contributed by atoms with Crippen LogP contribution in [0.15, 0.2) is 97.1 Å². The molecule has 2 heterocycles. The Kier molecular flexibility index (Phi) is 8.84. The van der Waals surface area contributed by atoms with Gasteiger partial charge in [-0.3, -0.25) is 9.69 Å². The maximum atomic E-state index is 13.1. The second-order valence-electron chi connectivity index (χ2n) is 11.8. The van der Waals surface area contributed by atoms with Crippen LogP contribution >= 0.6 is 0 Å². The number of benzene rings is 4. The lowest BCUT2D eigenvalue weighted by atomic mass is 10.1. The van der Waals surface area contributed by atoms with Crippen molar-refractivity contribution in [1.29, 1.82) is 0 Å². The Morgan fingerprint density at radius 2 is 1.38 bits per heavy atom. The van der Waals surface area contributed by atoms with Gasteiger partial charge in [-0.05, 0) is 131 Å². The molecule has 1 aromatic heterocycles. The molecule has 3 amide bonds. The van der Waals surface area contributed by atoms with Gasteiger partial charge in [0.1, 0.15) is 11.5 Å². The average Bonchev–Trinajstić information content (AvgIpc) is 3.65. The first kappa shape index (κ1) is 30.0. The number of aromatic nitrogens is 1. The van der Waals surface area contributed by atoms with Gasteiger partial charge < -0.3 is 25.3 Å². The third-order valence-electron chi connectivity index (χ3n) is 8.09. The van der Waals surface area contributed by atoms with Crippen LogP contribution in [0.1, 0.15) is 48.3 Å². The predicted octanol–water partition coefficient (Wildman–Crippen LogP) is 8.11. The minimum atomic E-state index is -0.251. The summed E-state index contributed by atoms with van der Waals surface area (Å²) < 4.78 is 8.24. The van der Waals surface area contributed by atoms with Crippen molar-refractivity contribution in [2.45, 2.75) is 46.2 Å². The van der Waals surface area contributed by atoms with Crippen LogP contribution in [-0.2, 0) is 6.54 Å². The Morgan fingerprint density at radius 1 is 0.778 bits per heavy atom. The molecule has 0 aliphatic carbocycles. The minimum absolute atomic E-state index is 0.0551. The summed E-state index contributed by atoms with van der Waals surface area (Å²) >= 11 is 0. The number of urea groups is 1. The summed E-state index contributed by atoms with van der Waals surface area (Å²) in [6.45, 7) is 9.29. The Bertz CT molecular complexity index is 1790. The van der Waals surface area contributed by atoms with E-state index in [1.54, 1.807) is 36.4 Å². The minimum Gasteiger partial charge on any atom is -0.457 e. The number of nitrogens with one attached hydrogen (secondary N) is 3. The number of rotatable bonds is 9. The van der Waals surface area contributed by atoms with E-state index in [-0.39, 0.29) is 18.0 Å². The maximum absolute atomic E-state index is 13.1. The predicted molar refractivity (Wildman–Crippen MR) is 181 cm³/mol. The van der Waals surface area contributed by atoms with E-state index in [9.17, 15) is 9.59 Å². The van der Waals surface area contributed by atoms with Gasteiger partial charge in [-0.1, -0.05) is 18.2 Å². The number of hydrogen-bond donors (Lipinski definition) is 3. The van der Waals surface area contributed by atoms with Crippen molar-refractivity contribution in [3.05, 3.63) is 114 Å². The second kappa shape index (κ2) is 13.3. The van der Waals surface area contributed by atoms with E-state index >= 15 is 0 Å². The Labute approximate surface area is 264 Å². The third kappa shape index (κ3) is 7.02. The fourth-order valence-corrected chi connectivity index (χ4v) is 5.87. The standard InChI is InChI=1S/C37H39N5O3/c1-25(2)38-37(44)40-29-14-20-32(21-15-29)45-31-18-12-28(13-19-31)39-36(43)27-10-16-30(17-11-27)42-26(3)34(24-41-22-6-7-23-41)33-8-4-5-9-35(33)42/h4-5,8-21,25H,6-7,22-24H2,1-3H3,(H,39,43)(H2,38,40,44). The van der Waals surface area contributed by atoms with Crippen LogP contribution in [0.4, 0.5) is 16.2 Å². The van der Waals surface area contributed by atoms with E-state index in [1.807, 2.05) is 50.2 Å². The van der Waals surface area contributed by atoms with E-state index in [4.69, 9.17) is 4.74 Å². The van der Waals surface area contributed by atoms with Crippen molar-refractivity contribution in [2.75, 3.05) is 23.7 Å². The van der Waals surface area contributed by atoms with Crippen LogP contribution in [0.25, 0.3) is 16.6 Å². The zero-order valence-electron chi connectivity index (χ0n) is 26.0. The van der Waals surface area contributed by atoms with Crippen LogP contribution in [0.3, 0.4) is 0 Å². The van der Waals surface area contributed by atoms with Crippen molar-refractivity contribution < 1.29 is 14.3 Å². The molecule has 3 N–H and O–H groups in total. The van der Waals surface area contributed by atoms with Gasteiger partial charge in [0.2, 0.25) is 0 Å². The molecule has 0 saturated carbocycles. The molecule has 1 aliphatic heterocycles. The van der Waals surface area contributed by atoms with Gasteiger partial charge in [-0.25, -0.2) is 4.79 Å². The number of anilines is 2. The fraction of sp³-hybridized carbons (Fsp3) is 0.243. The molecule has 45 heavy (non-hydrogen) atoms. The SMILES string of the molecule is Cc1c(CN2CCCC2)c2ccccc2n1-c1ccc(C(=O)Nc2ccc(Oc3ccc(NC(=O)NC(C)C)cc3)cc2)cc1. The van der Waals surface area contributed by atoms with E-state index < -0.39 is 0 Å². The molecule has 0 unspecified atom stereocenters. The largest absolute Gasteiger partial charge is 0.457 e.